The summed E-state index contributed by atoms with van der Waals surface area (Å²) in [6.07, 6.45) is 2.63. The molecule has 4 bridgehead atoms. The molecule has 2 aromatic rings. The van der Waals surface area contributed by atoms with Crippen LogP contribution in [0.4, 0.5) is 0 Å². The molecule has 1 saturated carbocycles. The Hall–Kier alpha value is -1.97. The van der Waals surface area contributed by atoms with E-state index in [4.69, 9.17) is 10.00 Å². The Morgan fingerprint density at radius 2 is 1.67 bits per heavy atom. The highest BCUT2D eigenvalue weighted by Gasteiger charge is 2.74. The number of nitriles is 1. The number of aliphatic hydroxyl groups excluding tert-OH is 1. The van der Waals surface area contributed by atoms with Crippen molar-refractivity contribution in [3.63, 3.8) is 0 Å². The van der Waals surface area contributed by atoms with Gasteiger partial charge in [0.05, 0.1) is 32.5 Å². The van der Waals surface area contributed by atoms with Crippen LogP contribution in [0.25, 0.3) is 0 Å². The molecule has 0 aromatic heterocycles. The first-order chi connectivity index (χ1) is 15.8. The number of nitrogens with zero attached hydrogens (tertiary/aromatic N) is 2. The van der Waals surface area contributed by atoms with Gasteiger partial charge in [0, 0.05) is 30.6 Å². The van der Waals surface area contributed by atoms with E-state index < -0.39 is 8.07 Å². The summed E-state index contributed by atoms with van der Waals surface area (Å²) in [5, 5.41) is 19.9. The maximum atomic E-state index is 11.0. The molecule has 2 aromatic carbocycles. The Balaban J connectivity index is 0.000000724. The summed E-state index contributed by atoms with van der Waals surface area (Å²) < 4.78 is 6.86. The van der Waals surface area contributed by atoms with E-state index in [0.717, 1.165) is 32.4 Å². The monoisotopic (exact) mass is 460 g/mol. The number of aliphatic hydroxyl groups is 1. The maximum absolute atomic E-state index is 11.0. The van der Waals surface area contributed by atoms with Crippen molar-refractivity contribution in [2.24, 2.45) is 5.92 Å². The Morgan fingerprint density at radius 3 is 2.36 bits per heavy atom. The molecule has 1 aliphatic carbocycles. The number of hydrogen-bond acceptors (Lipinski definition) is 4. The molecule has 5 heteroatoms. The van der Waals surface area contributed by atoms with Gasteiger partial charge in [-0.2, -0.15) is 5.26 Å². The number of fused-ring (bicyclic) bond motifs is 4. The molecular formula is C28H36N2O2Si. The van der Waals surface area contributed by atoms with E-state index in [-0.39, 0.29) is 16.7 Å². The van der Waals surface area contributed by atoms with Crippen LogP contribution in [0.5, 0.6) is 0 Å². The standard InChI is InChI=1S/C26H33NO2Si.C2H3N/c1-25-22-14-20(28)15-23(25)27-16-19-10-8-7-9-18(19)13-24(27)26(22,17-29-25)30(2,3)21-11-5-4-6-12-21;1-2-3/h4-12,20,22-24,28H,13-17H2,1-3H3;1H3/t20-,22+,23-,24-,25+,26+;/m0./s1. The van der Waals surface area contributed by atoms with E-state index in [0.29, 0.717) is 18.0 Å². The van der Waals surface area contributed by atoms with Crippen LogP contribution in [0.3, 0.4) is 0 Å². The summed E-state index contributed by atoms with van der Waals surface area (Å²) in [6.45, 7) is 10.8. The fourth-order valence-corrected chi connectivity index (χ4v) is 12.3. The second-order valence-electron chi connectivity index (χ2n) is 11.1. The summed E-state index contributed by atoms with van der Waals surface area (Å²) in [5.41, 5.74) is 2.83. The fraction of sp³-hybridized carbons (Fsp3) is 0.536. The summed E-state index contributed by atoms with van der Waals surface area (Å²) in [6, 6.07) is 22.8. The zero-order valence-electron chi connectivity index (χ0n) is 20.3. The van der Waals surface area contributed by atoms with Crippen molar-refractivity contribution in [1.82, 2.24) is 4.90 Å². The fourth-order valence-electron chi connectivity index (χ4n) is 7.92. The van der Waals surface area contributed by atoms with Crippen LogP contribution >= 0.6 is 0 Å². The molecule has 1 N–H and O–H groups in total. The summed E-state index contributed by atoms with van der Waals surface area (Å²) in [4.78, 5) is 2.77. The summed E-state index contributed by atoms with van der Waals surface area (Å²) in [7, 11) is -1.95. The number of ether oxygens (including phenoxy) is 1. The molecule has 3 fully saturated rings. The number of hydrogen-bond donors (Lipinski definition) is 1. The van der Waals surface area contributed by atoms with Gasteiger partial charge in [0.15, 0.2) is 0 Å². The lowest BCUT2D eigenvalue weighted by molar-refractivity contribution is -0.151. The van der Waals surface area contributed by atoms with Gasteiger partial charge in [-0.3, -0.25) is 4.90 Å². The smallest absolute Gasteiger partial charge is 0.0915 e. The van der Waals surface area contributed by atoms with E-state index in [2.05, 4.69) is 79.5 Å². The summed E-state index contributed by atoms with van der Waals surface area (Å²) >= 11 is 0. The van der Waals surface area contributed by atoms with Gasteiger partial charge in [-0.1, -0.05) is 72.9 Å². The van der Waals surface area contributed by atoms with Crippen molar-refractivity contribution in [1.29, 1.82) is 5.26 Å². The number of rotatable bonds is 2. The van der Waals surface area contributed by atoms with Gasteiger partial charge in [-0.05, 0) is 43.2 Å². The molecule has 4 aliphatic rings. The van der Waals surface area contributed by atoms with Gasteiger partial charge >= 0.3 is 0 Å². The lowest BCUT2D eigenvalue weighted by Crippen LogP contribution is -2.75. The largest absolute Gasteiger partial charge is 0.393 e. The van der Waals surface area contributed by atoms with E-state index in [1.54, 1.807) is 6.07 Å². The van der Waals surface area contributed by atoms with E-state index in [1.807, 2.05) is 0 Å². The normalized spacial score (nSPS) is 36.6. The average molecular weight is 461 g/mol. The first-order valence-corrected chi connectivity index (χ1v) is 15.3. The van der Waals surface area contributed by atoms with Gasteiger partial charge in [0.25, 0.3) is 0 Å². The minimum absolute atomic E-state index is 0.106. The molecule has 3 heterocycles. The van der Waals surface area contributed by atoms with E-state index >= 15 is 0 Å². The van der Waals surface area contributed by atoms with Crippen LogP contribution < -0.4 is 5.19 Å². The predicted molar refractivity (Wildman–Crippen MR) is 134 cm³/mol. The van der Waals surface area contributed by atoms with Crippen LogP contribution in [-0.2, 0) is 17.7 Å². The summed E-state index contributed by atoms with van der Waals surface area (Å²) in [5.74, 6) is 0.423. The lowest BCUT2D eigenvalue weighted by atomic mass is 9.60. The van der Waals surface area contributed by atoms with Gasteiger partial charge in [0.2, 0.25) is 0 Å². The Labute approximate surface area is 199 Å². The molecule has 2 saturated heterocycles. The minimum atomic E-state index is -1.95. The van der Waals surface area contributed by atoms with Crippen molar-refractivity contribution in [2.75, 3.05) is 6.61 Å². The van der Waals surface area contributed by atoms with E-state index in [9.17, 15) is 5.11 Å². The van der Waals surface area contributed by atoms with Crippen molar-refractivity contribution >= 4 is 13.3 Å². The van der Waals surface area contributed by atoms with Crippen LogP contribution in [0, 0.1) is 17.2 Å². The third-order valence-electron chi connectivity index (χ3n) is 9.54. The van der Waals surface area contributed by atoms with Crippen LogP contribution in [0.2, 0.25) is 18.1 Å². The zero-order chi connectivity index (χ0) is 23.4. The third-order valence-corrected chi connectivity index (χ3v) is 14.5. The third kappa shape index (κ3) is 3.11. The van der Waals surface area contributed by atoms with E-state index in [1.165, 1.54) is 23.2 Å². The van der Waals surface area contributed by atoms with Crippen molar-refractivity contribution < 1.29 is 9.84 Å². The van der Waals surface area contributed by atoms with Gasteiger partial charge in [0.1, 0.15) is 0 Å². The molecule has 6 rings (SSSR count). The Bertz CT molecular complexity index is 1070. The molecule has 174 valence electrons. The Kier molecular flexibility index (Phi) is 5.57. The van der Waals surface area contributed by atoms with Gasteiger partial charge in [-0.15, -0.1) is 0 Å². The maximum Gasteiger partial charge on any atom is 0.0915 e. The lowest BCUT2D eigenvalue weighted by Gasteiger charge is -2.66. The topological polar surface area (TPSA) is 56.5 Å². The average Bonchev–Trinajstić information content (AvgIpc) is 3.07. The van der Waals surface area contributed by atoms with Gasteiger partial charge < -0.3 is 9.84 Å². The predicted octanol–water partition coefficient (Wildman–Crippen LogP) is 4.24. The first kappa shape index (κ1) is 22.8. The molecule has 0 unspecified atom stereocenters. The molecule has 0 radical (unpaired) electrons. The molecule has 6 atom stereocenters. The molecule has 0 amide bonds. The van der Waals surface area contributed by atoms with Crippen LogP contribution in [-0.4, -0.2) is 48.5 Å². The van der Waals surface area contributed by atoms with Crippen LogP contribution in [0.1, 0.15) is 37.8 Å². The SMILES string of the molecule is CC#N.C[C@]12OC[C@]3([Si](C)(C)c4ccccc4)[C@@H]4Cc5ccccc5CN4[C@H]1C[C@@H](O)C[C@H]23. The number of benzene rings is 2. The van der Waals surface area contributed by atoms with Crippen molar-refractivity contribution in [2.45, 2.75) is 81.6 Å². The minimum Gasteiger partial charge on any atom is -0.393 e. The van der Waals surface area contributed by atoms with Gasteiger partial charge in [-0.25, -0.2) is 0 Å². The second kappa shape index (κ2) is 8.06. The van der Waals surface area contributed by atoms with Crippen molar-refractivity contribution in [3.05, 3.63) is 65.7 Å². The highest BCUT2D eigenvalue weighted by molar-refractivity contribution is 6.92. The first-order valence-electron chi connectivity index (χ1n) is 12.3. The molecule has 0 spiro atoms. The molecule has 33 heavy (non-hydrogen) atoms. The molecule has 3 aliphatic heterocycles. The molecule has 4 nitrogen and oxygen atoms in total. The zero-order valence-corrected chi connectivity index (χ0v) is 21.3. The highest BCUT2D eigenvalue weighted by Crippen LogP contribution is 2.69. The molecular weight excluding hydrogens is 424 g/mol. The quantitative estimate of drug-likeness (QED) is 0.681. The Morgan fingerprint density at radius 1 is 1.03 bits per heavy atom. The van der Waals surface area contributed by atoms with Crippen LogP contribution in [0.15, 0.2) is 54.6 Å². The number of piperidine rings is 1. The van der Waals surface area contributed by atoms with Crippen molar-refractivity contribution in [3.8, 4) is 6.07 Å². The second-order valence-corrected chi connectivity index (χ2v) is 15.8. The highest BCUT2D eigenvalue weighted by atomic mass is 28.3.